The Labute approximate surface area is 111 Å². The van der Waals surface area contributed by atoms with Crippen LogP contribution in [0.25, 0.3) is 0 Å². The minimum Gasteiger partial charge on any atom is -0.496 e. The lowest BCUT2D eigenvalue weighted by molar-refractivity contribution is 0.407. The average Bonchev–Trinajstić information content (AvgIpc) is 2.38. The van der Waals surface area contributed by atoms with Crippen LogP contribution in [0.3, 0.4) is 0 Å². The fourth-order valence-corrected chi connectivity index (χ4v) is 1.91. The van der Waals surface area contributed by atoms with Crippen molar-refractivity contribution in [3.05, 3.63) is 29.3 Å². The second kappa shape index (κ2) is 8.95. The van der Waals surface area contributed by atoms with Gasteiger partial charge in [-0.15, -0.1) is 0 Å². The van der Waals surface area contributed by atoms with Crippen molar-refractivity contribution in [2.45, 2.75) is 33.2 Å². The Morgan fingerprint density at radius 2 is 1.89 bits per heavy atom. The molecule has 18 heavy (non-hydrogen) atoms. The Morgan fingerprint density at radius 3 is 2.61 bits per heavy atom. The quantitative estimate of drug-likeness (QED) is 0.661. The summed E-state index contributed by atoms with van der Waals surface area (Å²) in [6, 6.07) is 6.30. The monoisotopic (exact) mass is 250 g/mol. The molecule has 0 aliphatic heterocycles. The molecule has 0 atom stereocenters. The van der Waals surface area contributed by atoms with Crippen molar-refractivity contribution in [2.75, 3.05) is 26.7 Å². The van der Waals surface area contributed by atoms with Gasteiger partial charge in [-0.1, -0.05) is 24.6 Å². The summed E-state index contributed by atoms with van der Waals surface area (Å²) < 4.78 is 5.36. The predicted octanol–water partition coefficient (Wildman–Crippen LogP) is 2.48. The zero-order chi connectivity index (χ0) is 13.2. The Bertz CT molecular complexity index is 339. The SMILES string of the molecule is CCCNCCCNCc1cc(C)ccc1OC. The number of methoxy groups -OCH3 is 1. The molecule has 0 saturated heterocycles. The summed E-state index contributed by atoms with van der Waals surface area (Å²) >= 11 is 0. The van der Waals surface area contributed by atoms with Crippen LogP contribution in [0.2, 0.25) is 0 Å². The summed E-state index contributed by atoms with van der Waals surface area (Å²) in [5.41, 5.74) is 2.51. The first-order chi connectivity index (χ1) is 8.77. The van der Waals surface area contributed by atoms with Crippen molar-refractivity contribution in [3.63, 3.8) is 0 Å². The third-order valence-electron chi connectivity index (χ3n) is 2.89. The lowest BCUT2D eigenvalue weighted by Crippen LogP contribution is -2.22. The van der Waals surface area contributed by atoms with Crippen molar-refractivity contribution in [3.8, 4) is 5.75 Å². The van der Waals surface area contributed by atoms with Gasteiger partial charge in [-0.3, -0.25) is 0 Å². The number of benzene rings is 1. The Balaban J connectivity index is 2.24. The molecule has 0 aromatic heterocycles. The smallest absolute Gasteiger partial charge is 0.123 e. The van der Waals surface area contributed by atoms with E-state index in [4.69, 9.17) is 4.74 Å². The normalized spacial score (nSPS) is 10.6. The molecular formula is C15H26N2O. The highest BCUT2D eigenvalue weighted by Crippen LogP contribution is 2.19. The van der Waals surface area contributed by atoms with Crippen molar-refractivity contribution in [2.24, 2.45) is 0 Å². The summed E-state index contributed by atoms with van der Waals surface area (Å²) in [5, 5.41) is 6.86. The molecular weight excluding hydrogens is 224 g/mol. The summed E-state index contributed by atoms with van der Waals surface area (Å²) in [6.45, 7) is 8.41. The van der Waals surface area contributed by atoms with E-state index in [0.717, 1.165) is 38.3 Å². The van der Waals surface area contributed by atoms with Gasteiger partial charge >= 0.3 is 0 Å². The van der Waals surface area contributed by atoms with Gasteiger partial charge in [0.15, 0.2) is 0 Å². The van der Waals surface area contributed by atoms with E-state index in [1.807, 2.05) is 6.07 Å². The molecule has 0 radical (unpaired) electrons. The van der Waals surface area contributed by atoms with Crippen LogP contribution in [-0.2, 0) is 6.54 Å². The van der Waals surface area contributed by atoms with Crippen molar-refractivity contribution < 1.29 is 4.74 Å². The van der Waals surface area contributed by atoms with Crippen molar-refractivity contribution >= 4 is 0 Å². The second-order valence-electron chi connectivity index (χ2n) is 4.60. The first kappa shape index (κ1) is 15.0. The van der Waals surface area contributed by atoms with Gasteiger partial charge in [0.05, 0.1) is 7.11 Å². The van der Waals surface area contributed by atoms with Gasteiger partial charge in [-0.2, -0.15) is 0 Å². The number of hydrogen-bond acceptors (Lipinski definition) is 3. The predicted molar refractivity (Wildman–Crippen MR) is 77.2 cm³/mol. The molecule has 0 amide bonds. The van der Waals surface area contributed by atoms with Crippen LogP contribution in [0.5, 0.6) is 5.75 Å². The van der Waals surface area contributed by atoms with E-state index in [-0.39, 0.29) is 0 Å². The van der Waals surface area contributed by atoms with E-state index in [0.29, 0.717) is 0 Å². The lowest BCUT2D eigenvalue weighted by Gasteiger charge is -2.10. The fourth-order valence-electron chi connectivity index (χ4n) is 1.91. The molecule has 3 nitrogen and oxygen atoms in total. The number of ether oxygens (including phenoxy) is 1. The van der Waals surface area contributed by atoms with Crippen LogP contribution in [-0.4, -0.2) is 26.7 Å². The van der Waals surface area contributed by atoms with Gasteiger partial charge in [-0.05, 0) is 45.5 Å². The third-order valence-corrected chi connectivity index (χ3v) is 2.89. The zero-order valence-corrected chi connectivity index (χ0v) is 11.9. The van der Waals surface area contributed by atoms with E-state index in [2.05, 4.69) is 36.6 Å². The van der Waals surface area contributed by atoms with Gasteiger partial charge in [0.25, 0.3) is 0 Å². The number of aryl methyl sites for hydroxylation is 1. The summed E-state index contributed by atoms with van der Waals surface area (Å²) in [4.78, 5) is 0. The minimum absolute atomic E-state index is 0.874. The van der Waals surface area contributed by atoms with E-state index >= 15 is 0 Å². The highest BCUT2D eigenvalue weighted by Gasteiger charge is 2.02. The van der Waals surface area contributed by atoms with Gasteiger partial charge in [0.2, 0.25) is 0 Å². The third kappa shape index (κ3) is 5.52. The molecule has 0 spiro atoms. The first-order valence-electron chi connectivity index (χ1n) is 6.83. The molecule has 0 bridgehead atoms. The van der Waals surface area contributed by atoms with E-state index in [9.17, 15) is 0 Å². The molecule has 102 valence electrons. The molecule has 3 heteroatoms. The van der Waals surface area contributed by atoms with Gasteiger partial charge < -0.3 is 15.4 Å². The average molecular weight is 250 g/mol. The fraction of sp³-hybridized carbons (Fsp3) is 0.600. The highest BCUT2D eigenvalue weighted by molar-refractivity contribution is 5.36. The molecule has 0 heterocycles. The van der Waals surface area contributed by atoms with E-state index in [1.165, 1.54) is 17.5 Å². The van der Waals surface area contributed by atoms with Crippen LogP contribution in [0.15, 0.2) is 18.2 Å². The van der Waals surface area contributed by atoms with E-state index < -0.39 is 0 Å². The van der Waals surface area contributed by atoms with E-state index in [1.54, 1.807) is 7.11 Å². The van der Waals surface area contributed by atoms with Gasteiger partial charge in [0.1, 0.15) is 5.75 Å². The van der Waals surface area contributed by atoms with Gasteiger partial charge in [0, 0.05) is 12.1 Å². The number of hydrogen-bond donors (Lipinski definition) is 2. The Morgan fingerprint density at radius 1 is 1.11 bits per heavy atom. The van der Waals surface area contributed by atoms with Crippen molar-refractivity contribution in [1.29, 1.82) is 0 Å². The summed E-state index contributed by atoms with van der Waals surface area (Å²) in [5.74, 6) is 0.970. The van der Waals surface area contributed by atoms with Crippen LogP contribution >= 0.6 is 0 Å². The molecule has 1 rings (SSSR count). The minimum atomic E-state index is 0.874. The lowest BCUT2D eigenvalue weighted by atomic mass is 10.1. The van der Waals surface area contributed by atoms with Crippen LogP contribution < -0.4 is 15.4 Å². The maximum absolute atomic E-state index is 5.36. The molecule has 0 saturated carbocycles. The molecule has 1 aromatic carbocycles. The number of nitrogens with one attached hydrogen (secondary N) is 2. The number of rotatable bonds is 9. The first-order valence-corrected chi connectivity index (χ1v) is 6.83. The van der Waals surface area contributed by atoms with Crippen LogP contribution in [0.4, 0.5) is 0 Å². The molecule has 1 aromatic rings. The standard InChI is InChI=1S/C15H26N2O/c1-4-8-16-9-5-10-17-12-14-11-13(2)6-7-15(14)18-3/h6-7,11,16-17H,4-5,8-10,12H2,1-3H3. The van der Waals surface area contributed by atoms with Crippen molar-refractivity contribution in [1.82, 2.24) is 10.6 Å². The largest absolute Gasteiger partial charge is 0.496 e. The second-order valence-corrected chi connectivity index (χ2v) is 4.60. The maximum Gasteiger partial charge on any atom is 0.123 e. The Kier molecular flexibility index (Phi) is 7.46. The molecule has 0 aliphatic carbocycles. The van der Waals surface area contributed by atoms with Crippen LogP contribution in [0.1, 0.15) is 30.9 Å². The van der Waals surface area contributed by atoms with Gasteiger partial charge in [-0.25, -0.2) is 0 Å². The molecule has 0 aliphatic rings. The maximum atomic E-state index is 5.36. The van der Waals surface area contributed by atoms with Crippen LogP contribution in [0, 0.1) is 6.92 Å². The summed E-state index contributed by atoms with van der Waals surface area (Å²) in [6.07, 6.45) is 2.36. The zero-order valence-electron chi connectivity index (χ0n) is 11.9. The topological polar surface area (TPSA) is 33.3 Å². The summed E-state index contributed by atoms with van der Waals surface area (Å²) in [7, 11) is 1.73. The molecule has 0 unspecified atom stereocenters. The molecule has 2 N–H and O–H groups in total. The molecule has 0 fully saturated rings. The Hall–Kier alpha value is -1.06. The highest BCUT2D eigenvalue weighted by atomic mass is 16.5.